The van der Waals surface area contributed by atoms with Crippen molar-refractivity contribution in [2.75, 3.05) is 39.9 Å². The highest BCUT2D eigenvalue weighted by Crippen LogP contribution is 2.07. The van der Waals surface area contributed by atoms with Crippen molar-refractivity contribution >= 4 is 0 Å². The van der Waals surface area contributed by atoms with E-state index in [4.69, 9.17) is 9.84 Å². The minimum absolute atomic E-state index is 0.225. The quantitative estimate of drug-likeness (QED) is 0.632. The predicted molar refractivity (Wildman–Crippen MR) is 61.0 cm³/mol. The second-order valence-corrected chi connectivity index (χ2v) is 4.32. The van der Waals surface area contributed by atoms with Gasteiger partial charge in [0.1, 0.15) is 0 Å². The summed E-state index contributed by atoms with van der Waals surface area (Å²) < 4.78 is 5.25. The Morgan fingerprint density at radius 1 is 1.60 bits per heavy atom. The van der Waals surface area contributed by atoms with Crippen molar-refractivity contribution in [1.82, 2.24) is 10.2 Å². The van der Waals surface area contributed by atoms with Crippen LogP contribution in [0, 0.1) is 0 Å². The first-order valence-electron chi connectivity index (χ1n) is 5.85. The molecule has 0 bridgehead atoms. The minimum Gasteiger partial charge on any atom is -0.395 e. The van der Waals surface area contributed by atoms with Crippen LogP contribution in [0.4, 0.5) is 0 Å². The summed E-state index contributed by atoms with van der Waals surface area (Å²) >= 11 is 0. The number of nitrogens with zero attached hydrogens (tertiary/aromatic N) is 1. The van der Waals surface area contributed by atoms with E-state index in [0.717, 1.165) is 26.2 Å². The molecule has 1 aliphatic heterocycles. The van der Waals surface area contributed by atoms with Gasteiger partial charge in [0.05, 0.1) is 12.7 Å². The molecular formula is C11H24N2O2. The molecule has 90 valence electrons. The van der Waals surface area contributed by atoms with Gasteiger partial charge < -0.3 is 15.2 Å². The van der Waals surface area contributed by atoms with Gasteiger partial charge in [-0.05, 0) is 26.3 Å². The molecule has 0 aromatic carbocycles. The number of ether oxygens (including phenoxy) is 1. The van der Waals surface area contributed by atoms with Gasteiger partial charge in [0, 0.05) is 32.8 Å². The third-order valence-corrected chi connectivity index (χ3v) is 2.97. The van der Waals surface area contributed by atoms with E-state index in [0.29, 0.717) is 6.04 Å². The topological polar surface area (TPSA) is 44.7 Å². The highest BCUT2D eigenvalue weighted by molar-refractivity contribution is 4.78. The number of aliphatic hydroxyl groups excluding tert-OH is 1. The van der Waals surface area contributed by atoms with Gasteiger partial charge in [0.2, 0.25) is 0 Å². The van der Waals surface area contributed by atoms with Gasteiger partial charge in [-0.2, -0.15) is 0 Å². The fourth-order valence-corrected chi connectivity index (χ4v) is 2.06. The summed E-state index contributed by atoms with van der Waals surface area (Å²) in [6.45, 7) is 6.09. The zero-order valence-electron chi connectivity index (χ0n) is 9.91. The molecule has 1 fully saturated rings. The lowest BCUT2D eigenvalue weighted by atomic mass is 10.2. The van der Waals surface area contributed by atoms with Gasteiger partial charge in [-0.15, -0.1) is 0 Å². The van der Waals surface area contributed by atoms with Crippen molar-refractivity contribution < 1.29 is 9.84 Å². The van der Waals surface area contributed by atoms with E-state index in [2.05, 4.69) is 17.1 Å². The van der Waals surface area contributed by atoms with Crippen molar-refractivity contribution in [2.24, 2.45) is 0 Å². The summed E-state index contributed by atoms with van der Waals surface area (Å²) in [5.74, 6) is 0. The molecule has 0 saturated carbocycles. The maximum atomic E-state index is 8.99. The number of aliphatic hydroxyl groups is 1. The van der Waals surface area contributed by atoms with Gasteiger partial charge in [0.15, 0.2) is 0 Å². The Hall–Kier alpha value is -0.160. The first kappa shape index (κ1) is 12.9. The monoisotopic (exact) mass is 216 g/mol. The van der Waals surface area contributed by atoms with Crippen LogP contribution in [0.5, 0.6) is 0 Å². The van der Waals surface area contributed by atoms with E-state index in [1.807, 2.05) is 0 Å². The molecule has 1 aliphatic rings. The first-order chi connectivity index (χ1) is 7.26. The number of methoxy groups -OCH3 is 1. The number of hydrogen-bond donors (Lipinski definition) is 2. The van der Waals surface area contributed by atoms with Gasteiger partial charge in [0.25, 0.3) is 0 Å². The van der Waals surface area contributed by atoms with Gasteiger partial charge in [-0.25, -0.2) is 0 Å². The smallest absolute Gasteiger partial charge is 0.0670 e. The van der Waals surface area contributed by atoms with Gasteiger partial charge in [-0.3, -0.25) is 4.90 Å². The normalized spacial score (nSPS) is 23.6. The first-order valence-corrected chi connectivity index (χ1v) is 5.85. The number of nitrogens with one attached hydrogen (secondary N) is 1. The van der Waals surface area contributed by atoms with E-state index in [-0.39, 0.29) is 12.7 Å². The highest BCUT2D eigenvalue weighted by atomic mass is 16.5. The molecule has 15 heavy (non-hydrogen) atoms. The minimum atomic E-state index is 0.225. The molecule has 0 aromatic rings. The molecule has 2 N–H and O–H groups in total. The predicted octanol–water partition coefficient (Wildman–Crippen LogP) is 0.0676. The van der Waals surface area contributed by atoms with Gasteiger partial charge >= 0.3 is 0 Å². The lowest BCUT2D eigenvalue weighted by molar-refractivity contribution is 0.0667. The summed E-state index contributed by atoms with van der Waals surface area (Å²) in [4.78, 5) is 2.27. The van der Waals surface area contributed by atoms with Crippen LogP contribution in [-0.4, -0.2) is 62.0 Å². The molecule has 1 rings (SSSR count). The van der Waals surface area contributed by atoms with Crippen LogP contribution >= 0.6 is 0 Å². The lowest BCUT2D eigenvalue weighted by Crippen LogP contribution is -2.42. The van der Waals surface area contributed by atoms with Crippen molar-refractivity contribution in [3.63, 3.8) is 0 Å². The van der Waals surface area contributed by atoms with Crippen LogP contribution in [0.1, 0.15) is 19.8 Å². The maximum Gasteiger partial charge on any atom is 0.0670 e. The van der Waals surface area contributed by atoms with Crippen molar-refractivity contribution in [2.45, 2.75) is 31.9 Å². The van der Waals surface area contributed by atoms with Crippen LogP contribution in [0.2, 0.25) is 0 Å². The SMILES string of the molecule is COC(C)CN(CCO)CC1CCCN1. The van der Waals surface area contributed by atoms with Crippen molar-refractivity contribution in [3.05, 3.63) is 0 Å². The molecule has 0 radical (unpaired) electrons. The summed E-state index contributed by atoms with van der Waals surface area (Å²) in [5.41, 5.74) is 0. The van der Waals surface area contributed by atoms with Gasteiger partial charge in [-0.1, -0.05) is 0 Å². The van der Waals surface area contributed by atoms with Crippen LogP contribution in [0.3, 0.4) is 0 Å². The summed E-state index contributed by atoms with van der Waals surface area (Å²) in [6, 6.07) is 0.598. The van der Waals surface area contributed by atoms with E-state index in [9.17, 15) is 0 Å². The van der Waals surface area contributed by atoms with E-state index in [1.165, 1.54) is 12.8 Å². The molecule has 4 nitrogen and oxygen atoms in total. The Bertz CT molecular complexity index is 161. The van der Waals surface area contributed by atoms with Crippen LogP contribution in [0.15, 0.2) is 0 Å². The second kappa shape index (κ2) is 7.17. The lowest BCUT2D eigenvalue weighted by Gasteiger charge is -2.27. The van der Waals surface area contributed by atoms with Crippen LogP contribution < -0.4 is 5.32 Å². The zero-order valence-corrected chi connectivity index (χ0v) is 9.91. The fourth-order valence-electron chi connectivity index (χ4n) is 2.06. The Kier molecular flexibility index (Phi) is 6.17. The molecule has 0 amide bonds. The zero-order chi connectivity index (χ0) is 11.1. The molecule has 1 heterocycles. The molecule has 2 atom stereocenters. The summed E-state index contributed by atoms with van der Waals surface area (Å²) in [6.07, 6.45) is 2.76. The average Bonchev–Trinajstić information content (AvgIpc) is 2.70. The fraction of sp³-hybridized carbons (Fsp3) is 1.00. The van der Waals surface area contributed by atoms with Crippen molar-refractivity contribution in [1.29, 1.82) is 0 Å². The third-order valence-electron chi connectivity index (χ3n) is 2.97. The van der Waals surface area contributed by atoms with E-state index >= 15 is 0 Å². The Morgan fingerprint density at radius 3 is 2.93 bits per heavy atom. The molecule has 0 aromatic heterocycles. The average molecular weight is 216 g/mol. The van der Waals surface area contributed by atoms with E-state index in [1.54, 1.807) is 7.11 Å². The molecule has 4 heteroatoms. The standard InChI is InChI=1S/C11H24N2O2/c1-10(15-2)8-13(6-7-14)9-11-4-3-5-12-11/h10-12,14H,3-9H2,1-2H3. The third kappa shape index (κ3) is 4.93. The number of hydrogen-bond acceptors (Lipinski definition) is 4. The van der Waals surface area contributed by atoms with E-state index < -0.39 is 0 Å². The molecule has 2 unspecified atom stereocenters. The second-order valence-electron chi connectivity index (χ2n) is 4.32. The molecule has 0 spiro atoms. The Morgan fingerprint density at radius 2 is 2.40 bits per heavy atom. The maximum absolute atomic E-state index is 8.99. The summed E-state index contributed by atoms with van der Waals surface area (Å²) in [7, 11) is 1.73. The van der Waals surface area contributed by atoms with Crippen molar-refractivity contribution in [3.8, 4) is 0 Å². The molecule has 0 aliphatic carbocycles. The van der Waals surface area contributed by atoms with Crippen LogP contribution in [0.25, 0.3) is 0 Å². The molecular weight excluding hydrogens is 192 g/mol. The molecule has 1 saturated heterocycles. The summed E-state index contributed by atoms with van der Waals surface area (Å²) in [5, 5.41) is 12.5. The van der Waals surface area contributed by atoms with Crippen LogP contribution in [-0.2, 0) is 4.74 Å². The Balaban J connectivity index is 2.28. The Labute approximate surface area is 92.6 Å². The number of rotatable bonds is 7. The highest BCUT2D eigenvalue weighted by Gasteiger charge is 2.18. The largest absolute Gasteiger partial charge is 0.395 e.